The van der Waals surface area contributed by atoms with Crippen molar-refractivity contribution in [2.45, 2.75) is 12.5 Å². The lowest BCUT2D eigenvalue weighted by Crippen LogP contribution is -2.57. The molecule has 0 aliphatic heterocycles. The highest BCUT2D eigenvalue weighted by Crippen LogP contribution is 2.11. The summed E-state index contributed by atoms with van der Waals surface area (Å²) in [6.45, 7) is 1.21. The first kappa shape index (κ1) is 11.2. The van der Waals surface area contributed by atoms with Crippen LogP contribution in [-0.2, 0) is 9.59 Å². The number of carbonyl (C=O) groups is 2. The maximum atomic E-state index is 11.4. The number of hydrogen-bond donors (Lipinski definition) is 2. The number of nitrogens with two attached hydrogens (primary N) is 2. The van der Waals surface area contributed by atoms with Crippen molar-refractivity contribution in [1.82, 2.24) is 0 Å². The summed E-state index contributed by atoms with van der Waals surface area (Å²) in [6.07, 6.45) is 0. The van der Waals surface area contributed by atoms with Crippen LogP contribution in [0.2, 0.25) is 0 Å². The van der Waals surface area contributed by atoms with Crippen LogP contribution < -0.4 is 16.2 Å². The summed E-state index contributed by atoms with van der Waals surface area (Å²) >= 11 is 0. The summed E-state index contributed by atoms with van der Waals surface area (Å²) in [7, 11) is 0. The molecule has 1 atom stereocenters. The van der Waals surface area contributed by atoms with Crippen LogP contribution in [0.1, 0.15) is 6.92 Å². The molecule has 0 aliphatic carbocycles. The summed E-state index contributed by atoms with van der Waals surface area (Å²) in [5, 5.41) is 0. The van der Waals surface area contributed by atoms with E-state index in [4.69, 9.17) is 16.2 Å². The lowest BCUT2D eigenvalue weighted by Gasteiger charge is -2.17. The SMILES string of the molecule is CC(N)(C(N)=O)C(=O)Oc1ccccc1. The van der Waals surface area contributed by atoms with Gasteiger partial charge in [0, 0.05) is 0 Å². The first-order valence-corrected chi connectivity index (χ1v) is 4.30. The first-order chi connectivity index (χ1) is 6.94. The van der Waals surface area contributed by atoms with E-state index in [9.17, 15) is 9.59 Å². The predicted octanol–water partition coefficient (Wildman–Crippen LogP) is -0.205. The Bertz CT molecular complexity index is 374. The van der Waals surface area contributed by atoms with Crippen LogP contribution in [-0.4, -0.2) is 17.4 Å². The molecule has 0 radical (unpaired) electrons. The van der Waals surface area contributed by atoms with E-state index in [-0.39, 0.29) is 0 Å². The van der Waals surface area contributed by atoms with E-state index in [0.29, 0.717) is 5.75 Å². The van der Waals surface area contributed by atoms with Crippen LogP contribution in [0.15, 0.2) is 30.3 Å². The molecule has 15 heavy (non-hydrogen) atoms. The van der Waals surface area contributed by atoms with Gasteiger partial charge in [0.2, 0.25) is 5.91 Å². The highest BCUT2D eigenvalue weighted by Gasteiger charge is 2.37. The number of esters is 1. The van der Waals surface area contributed by atoms with Gasteiger partial charge in [0.25, 0.3) is 0 Å². The first-order valence-electron chi connectivity index (χ1n) is 4.30. The summed E-state index contributed by atoms with van der Waals surface area (Å²) in [6, 6.07) is 8.32. The molecule has 0 heterocycles. The van der Waals surface area contributed by atoms with Crippen LogP contribution in [0, 0.1) is 0 Å². The molecule has 80 valence electrons. The minimum Gasteiger partial charge on any atom is -0.425 e. The molecule has 0 fully saturated rings. The maximum absolute atomic E-state index is 11.4. The Kier molecular flexibility index (Phi) is 3.06. The number of carbonyl (C=O) groups excluding carboxylic acids is 2. The van der Waals surface area contributed by atoms with Crippen molar-refractivity contribution in [2.75, 3.05) is 0 Å². The van der Waals surface area contributed by atoms with Gasteiger partial charge in [-0.3, -0.25) is 4.79 Å². The third kappa shape index (κ3) is 2.54. The second-order valence-electron chi connectivity index (χ2n) is 3.27. The Morgan fingerprint density at radius 1 is 1.27 bits per heavy atom. The molecule has 5 nitrogen and oxygen atoms in total. The van der Waals surface area contributed by atoms with Crippen LogP contribution in [0.5, 0.6) is 5.75 Å². The average molecular weight is 208 g/mol. The van der Waals surface area contributed by atoms with Crippen molar-refractivity contribution in [3.05, 3.63) is 30.3 Å². The molecule has 0 saturated heterocycles. The molecule has 0 bridgehead atoms. The fourth-order valence-electron chi connectivity index (χ4n) is 0.802. The quantitative estimate of drug-likeness (QED) is 0.408. The molecule has 5 heteroatoms. The van der Waals surface area contributed by atoms with Gasteiger partial charge in [-0.15, -0.1) is 0 Å². The zero-order valence-electron chi connectivity index (χ0n) is 8.27. The number of primary amides is 1. The number of ether oxygens (including phenoxy) is 1. The number of amides is 1. The van der Waals surface area contributed by atoms with Gasteiger partial charge in [0.05, 0.1) is 0 Å². The standard InChI is InChI=1S/C10H12N2O3/c1-10(12,8(11)13)9(14)15-7-5-3-2-4-6-7/h2-6H,12H2,1H3,(H2,11,13). The number of hydrogen-bond acceptors (Lipinski definition) is 4. The van der Waals surface area contributed by atoms with E-state index in [2.05, 4.69) is 0 Å². The Balaban J connectivity index is 2.77. The van der Waals surface area contributed by atoms with E-state index >= 15 is 0 Å². The average Bonchev–Trinajstić information content (AvgIpc) is 2.18. The van der Waals surface area contributed by atoms with Crippen LogP contribution in [0.3, 0.4) is 0 Å². The van der Waals surface area contributed by atoms with Gasteiger partial charge in [0.15, 0.2) is 5.54 Å². The highest BCUT2D eigenvalue weighted by molar-refractivity contribution is 6.06. The number of rotatable bonds is 3. The molecule has 0 aromatic heterocycles. The van der Waals surface area contributed by atoms with Crippen LogP contribution >= 0.6 is 0 Å². The summed E-state index contributed by atoms with van der Waals surface area (Å²) < 4.78 is 4.88. The van der Waals surface area contributed by atoms with E-state index in [1.54, 1.807) is 30.3 Å². The molecule has 1 aromatic carbocycles. The van der Waals surface area contributed by atoms with Crippen LogP contribution in [0.4, 0.5) is 0 Å². The Hall–Kier alpha value is -1.88. The van der Waals surface area contributed by atoms with Gasteiger partial charge >= 0.3 is 5.97 Å². The van der Waals surface area contributed by atoms with Crippen molar-refractivity contribution < 1.29 is 14.3 Å². The Labute approximate surface area is 87.0 Å². The van der Waals surface area contributed by atoms with Crippen molar-refractivity contribution >= 4 is 11.9 Å². The molecular weight excluding hydrogens is 196 g/mol. The van der Waals surface area contributed by atoms with E-state index in [0.717, 1.165) is 0 Å². The molecule has 1 aromatic rings. The van der Waals surface area contributed by atoms with Gasteiger partial charge in [-0.05, 0) is 19.1 Å². The lowest BCUT2D eigenvalue weighted by molar-refractivity contribution is -0.144. The molecule has 0 saturated carbocycles. The highest BCUT2D eigenvalue weighted by atomic mass is 16.5. The number of para-hydroxylation sites is 1. The maximum Gasteiger partial charge on any atom is 0.341 e. The third-order valence-corrected chi connectivity index (χ3v) is 1.89. The van der Waals surface area contributed by atoms with Gasteiger partial charge < -0.3 is 16.2 Å². The number of benzene rings is 1. The zero-order chi connectivity index (χ0) is 11.5. The molecule has 1 rings (SSSR count). The lowest BCUT2D eigenvalue weighted by atomic mass is 10.0. The zero-order valence-corrected chi connectivity index (χ0v) is 8.27. The summed E-state index contributed by atoms with van der Waals surface area (Å²) in [4.78, 5) is 22.3. The molecule has 4 N–H and O–H groups in total. The van der Waals surface area contributed by atoms with Gasteiger partial charge in [-0.25, -0.2) is 4.79 Å². The minimum absolute atomic E-state index is 0.320. The monoisotopic (exact) mass is 208 g/mol. The van der Waals surface area contributed by atoms with Crippen molar-refractivity contribution in [1.29, 1.82) is 0 Å². The molecule has 1 amide bonds. The van der Waals surface area contributed by atoms with E-state index in [1.807, 2.05) is 0 Å². The Morgan fingerprint density at radius 3 is 2.27 bits per heavy atom. The Morgan fingerprint density at radius 2 is 1.80 bits per heavy atom. The predicted molar refractivity (Wildman–Crippen MR) is 53.9 cm³/mol. The molecule has 0 aliphatic rings. The molecule has 1 unspecified atom stereocenters. The fraction of sp³-hybridized carbons (Fsp3) is 0.200. The minimum atomic E-state index is -1.81. The van der Waals surface area contributed by atoms with Crippen LogP contribution in [0.25, 0.3) is 0 Å². The second kappa shape index (κ2) is 4.10. The normalized spacial score (nSPS) is 14.0. The second-order valence-corrected chi connectivity index (χ2v) is 3.27. The largest absolute Gasteiger partial charge is 0.425 e. The smallest absolute Gasteiger partial charge is 0.341 e. The van der Waals surface area contributed by atoms with E-state index in [1.165, 1.54) is 6.92 Å². The van der Waals surface area contributed by atoms with Gasteiger partial charge in [-0.2, -0.15) is 0 Å². The topological polar surface area (TPSA) is 95.4 Å². The summed E-state index contributed by atoms with van der Waals surface area (Å²) in [5.74, 6) is -1.48. The fourth-order valence-corrected chi connectivity index (χ4v) is 0.802. The van der Waals surface area contributed by atoms with Gasteiger partial charge in [-0.1, -0.05) is 18.2 Å². The summed E-state index contributed by atoms with van der Waals surface area (Å²) in [5.41, 5.74) is 8.55. The van der Waals surface area contributed by atoms with Crippen molar-refractivity contribution in [2.24, 2.45) is 11.5 Å². The molecule has 0 spiro atoms. The van der Waals surface area contributed by atoms with Crippen molar-refractivity contribution in [3.8, 4) is 5.75 Å². The van der Waals surface area contributed by atoms with E-state index < -0.39 is 17.4 Å². The van der Waals surface area contributed by atoms with Gasteiger partial charge in [0.1, 0.15) is 5.75 Å². The van der Waals surface area contributed by atoms with Crippen molar-refractivity contribution in [3.63, 3.8) is 0 Å². The molecular formula is C10H12N2O3. The third-order valence-electron chi connectivity index (χ3n) is 1.89.